The van der Waals surface area contributed by atoms with E-state index < -0.39 is 6.10 Å². The molecule has 0 bridgehead atoms. The highest BCUT2D eigenvalue weighted by atomic mass is 16.3. The molecule has 2 aromatic carbocycles. The zero-order chi connectivity index (χ0) is 14.1. The van der Waals surface area contributed by atoms with Gasteiger partial charge in [0.25, 0.3) is 0 Å². The van der Waals surface area contributed by atoms with E-state index >= 15 is 0 Å². The first-order valence-corrected chi connectivity index (χ1v) is 6.28. The van der Waals surface area contributed by atoms with Crippen molar-refractivity contribution in [2.24, 2.45) is 0 Å². The molecule has 0 radical (unpaired) electrons. The standard InChI is InChI=1S/C16H12N2O2/c17-9-10-1-3-11(4-2-10)16(20)12-5-6-14-13(7-12)8-15(19)18-14/h1-7,16,20H,8H2,(H,18,19). The summed E-state index contributed by atoms with van der Waals surface area (Å²) in [5.41, 5.74) is 3.74. The van der Waals surface area contributed by atoms with Gasteiger partial charge in [-0.05, 0) is 34.9 Å². The molecule has 0 spiro atoms. The van der Waals surface area contributed by atoms with E-state index in [0.29, 0.717) is 12.0 Å². The minimum atomic E-state index is -0.760. The van der Waals surface area contributed by atoms with Crippen LogP contribution in [0.2, 0.25) is 0 Å². The van der Waals surface area contributed by atoms with E-state index in [2.05, 4.69) is 5.32 Å². The van der Waals surface area contributed by atoms with Gasteiger partial charge in [0, 0.05) is 5.69 Å². The number of hydrogen-bond donors (Lipinski definition) is 2. The molecular weight excluding hydrogens is 252 g/mol. The molecule has 0 saturated heterocycles. The second-order valence-electron chi connectivity index (χ2n) is 4.78. The maximum absolute atomic E-state index is 11.3. The molecule has 4 heteroatoms. The summed E-state index contributed by atoms with van der Waals surface area (Å²) in [6.45, 7) is 0. The van der Waals surface area contributed by atoms with E-state index in [9.17, 15) is 9.90 Å². The smallest absolute Gasteiger partial charge is 0.228 e. The Morgan fingerprint density at radius 1 is 1.15 bits per heavy atom. The van der Waals surface area contributed by atoms with Crippen molar-refractivity contribution in [3.8, 4) is 6.07 Å². The number of fused-ring (bicyclic) bond motifs is 1. The Bertz CT molecular complexity index is 714. The number of nitrogens with one attached hydrogen (secondary N) is 1. The highest BCUT2D eigenvalue weighted by Crippen LogP contribution is 2.29. The number of carbonyl (C=O) groups excluding carboxylic acids is 1. The van der Waals surface area contributed by atoms with Crippen molar-refractivity contribution in [2.75, 3.05) is 5.32 Å². The van der Waals surface area contributed by atoms with Gasteiger partial charge in [-0.25, -0.2) is 0 Å². The molecule has 3 rings (SSSR count). The number of aliphatic hydroxyl groups is 1. The fourth-order valence-electron chi connectivity index (χ4n) is 2.35. The van der Waals surface area contributed by atoms with E-state index in [1.165, 1.54) is 0 Å². The van der Waals surface area contributed by atoms with Gasteiger partial charge in [-0.2, -0.15) is 5.26 Å². The summed E-state index contributed by atoms with van der Waals surface area (Å²) < 4.78 is 0. The lowest BCUT2D eigenvalue weighted by molar-refractivity contribution is -0.115. The molecule has 1 aliphatic rings. The van der Waals surface area contributed by atoms with Gasteiger partial charge in [0.15, 0.2) is 0 Å². The fourth-order valence-corrected chi connectivity index (χ4v) is 2.35. The maximum atomic E-state index is 11.3. The van der Waals surface area contributed by atoms with Crippen molar-refractivity contribution in [2.45, 2.75) is 12.5 Å². The van der Waals surface area contributed by atoms with Gasteiger partial charge in [-0.15, -0.1) is 0 Å². The quantitative estimate of drug-likeness (QED) is 0.872. The van der Waals surface area contributed by atoms with Crippen molar-refractivity contribution in [1.29, 1.82) is 5.26 Å². The van der Waals surface area contributed by atoms with Gasteiger partial charge in [-0.3, -0.25) is 4.79 Å². The van der Waals surface area contributed by atoms with Crippen molar-refractivity contribution < 1.29 is 9.90 Å². The van der Waals surface area contributed by atoms with Crippen LogP contribution in [0.1, 0.15) is 28.4 Å². The number of amides is 1. The Hall–Kier alpha value is -2.64. The molecule has 1 atom stereocenters. The SMILES string of the molecule is N#Cc1ccc(C(O)c2ccc3c(c2)CC(=O)N3)cc1. The molecule has 0 aromatic heterocycles. The molecule has 0 saturated carbocycles. The Morgan fingerprint density at radius 3 is 2.55 bits per heavy atom. The third-order valence-electron chi connectivity index (χ3n) is 3.43. The van der Waals surface area contributed by atoms with Crippen molar-refractivity contribution in [3.05, 3.63) is 64.7 Å². The van der Waals surface area contributed by atoms with Gasteiger partial charge in [0.05, 0.1) is 18.1 Å². The lowest BCUT2D eigenvalue weighted by atomic mass is 9.98. The second kappa shape index (κ2) is 4.80. The number of carbonyl (C=O) groups is 1. The molecule has 1 unspecified atom stereocenters. The van der Waals surface area contributed by atoms with Crippen LogP contribution in [0.5, 0.6) is 0 Å². The van der Waals surface area contributed by atoms with E-state index in [4.69, 9.17) is 5.26 Å². The second-order valence-corrected chi connectivity index (χ2v) is 4.78. The third kappa shape index (κ3) is 2.15. The number of nitriles is 1. The van der Waals surface area contributed by atoms with Gasteiger partial charge in [0.1, 0.15) is 6.10 Å². The Balaban J connectivity index is 1.91. The molecule has 1 amide bonds. The zero-order valence-corrected chi connectivity index (χ0v) is 10.6. The summed E-state index contributed by atoms with van der Waals surface area (Å²) in [5, 5.41) is 21.9. The van der Waals surface area contributed by atoms with Crippen LogP contribution >= 0.6 is 0 Å². The normalized spacial score (nSPS) is 14.3. The van der Waals surface area contributed by atoms with Crippen LogP contribution in [0, 0.1) is 11.3 Å². The number of anilines is 1. The maximum Gasteiger partial charge on any atom is 0.228 e. The summed E-state index contributed by atoms with van der Waals surface area (Å²) in [5.74, 6) is -0.0231. The van der Waals surface area contributed by atoms with Crippen LogP contribution in [-0.4, -0.2) is 11.0 Å². The molecule has 0 fully saturated rings. The van der Waals surface area contributed by atoms with E-state index in [-0.39, 0.29) is 5.91 Å². The first-order chi connectivity index (χ1) is 9.67. The molecule has 1 aliphatic heterocycles. The molecule has 1 heterocycles. The van der Waals surface area contributed by atoms with Crippen molar-refractivity contribution >= 4 is 11.6 Å². The molecule has 4 nitrogen and oxygen atoms in total. The van der Waals surface area contributed by atoms with Crippen LogP contribution in [0.25, 0.3) is 0 Å². The topological polar surface area (TPSA) is 73.1 Å². The van der Waals surface area contributed by atoms with Crippen LogP contribution in [0.3, 0.4) is 0 Å². The number of nitrogens with zero attached hydrogens (tertiary/aromatic N) is 1. The molecule has 0 aliphatic carbocycles. The van der Waals surface area contributed by atoms with Gasteiger partial charge in [0.2, 0.25) is 5.91 Å². The predicted octanol–water partition coefficient (Wildman–Crippen LogP) is 2.13. The van der Waals surface area contributed by atoms with Gasteiger partial charge >= 0.3 is 0 Å². The number of hydrogen-bond acceptors (Lipinski definition) is 3. The predicted molar refractivity (Wildman–Crippen MR) is 74.0 cm³/mol. The zero-order valence-electron chi connectivity index (χ0n) is 10.6. The first kappa shape index (κ1) is 12.4. The van der Waals surface area contributed by atoms with Crippen LogP contribution in [-0.2, 0) is 11.2 Å². The van der Waals surface area contributed by atoms with Crippen LogP contribution in [0.15, 0.2) is 42.5 Å². The number of rotatable bonds is 2. The average molecular weight is 264 g/mol. The molecule has 98 valence electrons. The Kier molecular flexibility index (Phi) is 2.97. The van der Waals surface area contributed by atoms with Crippen molar-refractivity contribution in [1.82, 2.24) is 0 Å². The highest BCUT2D eigenvalue weighted by Gasteiger charge is 2.19. The fraction of sp³-hybridized carbons (Fsp3) is 0.125. The van der Waals surface area contributed by atoms with Crippen LogP contribution in [0.4, 0.5) is 5.69 Å². The van der Waals surface area contributed by atoms with E-state index in [1.54, 1.807) is 30.3 Å². The lowest BCUT2D eigenvalue weighted by Gasteiger charge is -2.12. The van der Waals surface area contributed by atoms with Crippen molar-refractivity contribution in [3.63, 3.8) is 0 Å². The summed E-state index contributed by atoms with van der Waals surface area (Å²) in [6.07, 6.45) is -0.410. The summed E-state index contributed by atoms with van der Waals surface area (Å²) in [7, 11) is 0. The Labute approximate surface area is 116 Å². The first-order valence-electron chi connectivity index (χ1n) is 6.28. The molecule has 20 heavy (non-hydrogen) atoms. The minimum Gasteiger partial charge on any atom is -0.384 e. The average Bonchev–Trinajstić information content (AvgIpc) is 2.85. The van der Waals surface area contributed by atoms with Gasteiger partial charge in [-0.1, -0.05) is 24.3 Å². The number of aliphatic hydroxyl groups excluding tert-OH is 1. The van der Waals surface area contributed by atoms with E-state index in [0.717, 1.165) is 22.4 Å². The monoisotopic (exact) mass is 264 g/mol. The summed E-state index contributed by atoms with van der Waals surface area (Å²) >= 11 is 0. The third-order valence-corrected chi connectivity index (χ3v) is 3.43. The lowest BCUT2D eigenvalue weighted by Crippen LogP contribution is -2.03. The number of benzene rings is 2. The summed E-state index contributed by atoms with van der Waals surface area (Å²) in [6, 6.07) is 14.3. The highest BCUT2D eigenvalue weighted by molar-refractivity contribution is 5.99. The summed E-state index contributed by atoms with van der Waals surface area (Å²) in [4.78, 5) is 11.3. The van der Waals surface area contributed by atoms with E-state index in [1.807, 2.05) is 18.2 Å². The molecule has 2 aromatic rings. The largest absolute Gasteiger partial charge is 0.384 e. The van der Waals surface area contributed by atoms with Gasteiger partial charge < -0.3 is 10.4 Å². The molecular formula is C16H12N2O2. The van der Waals surface area contributed by atoms with Crippen LogP contribution < -0.4 is 5.32 Å². The molecule has 2 N–H and O–H groups in total. The Morgan fingerprint density at radius 2 is 1.85 bits per heavy atom. The minimum absolute atomic E-state index is 0.0231.